The van der Waals surface area contributed by atoms with Crippen LogP contribution in [0.3, 0.4) is 0 Å². The normalized spacial score (nSPS) is 19.0. The summed E-state index contributed by atoms with van der Waals surface area (Å²) in [7, 11) is 0. The quantitative estimate of drug-likeness (QED) is 0.787. The lowest BCUT2D eigenvalue weighted by Crippen LogP contribution is -2.23. The Morgan fingerprint density at radius 1 is 1.35 bits per heavy atom. The maximum absolute atomic E-state index is 12.7. The molecule has 2 nitrogen and oxygen atoms in total. The Morgan fingerprint density at radius 2 is 2.00 bits per heavy atom. The van der Waals surface area contributed by atoms with Crippen molar-refractivity contribution in [2.24, 2.45) is 5.73 Å². The Hall–Kier alpha value is -0.460. The molecule has 0 saturated heterocycles. The number of hydrogen-bond donors (Lipinski definition) is 1. The molecule has 0 fully saturated rings. The van der Waals surface area contributed by atoms with E-state index in [0.717, 1.165) is 6.07 Å². The maximum Gasteiger partial charge on any atom is 0.420 e. The van der Waals surface area contributed by atoms with Gasteiger partial charge in [-0.25, -0.2) is 0 Å². The molecule has 1 heterocycles. The monoisotopic (exact) mass is 331 g/mol. The van der Waals surface area contributed by atoms with Crippen LogP contribution in [0.1, 0.15) is 23.6 Å². The first-order valence-electron chi connectivity index (χ1n) is 4.68. The zero-order valence-electron chi connectivity index (χ0n) is 8.55. The van der Waals surface area contributed by atoms with Gasteiger partial charge in [0.15, 0.2) is 0 Å². The van der Waals surface area contributed by atoms with Crippen LogP contribution in [0.5, 0.6) is 5.75 Å². The topological polar surface area (TPSA) is 35.2 Å². The molecule has 1 atom stereocenters. The molecule has 1 aromatic carbocycles. The van der Waals surface area contributed by atoms with Crippen molar-refractivity contribution in [3.8, 4) is 5.75 Å². The predicted molar refractivity (Wildman–Crippen MR) is 63.4 cm³/mol. The highest BCUT2D eigenvalue weighted by atomic mass is 79.9. The summed E-state index contributed by atoms with van der Waals surface area (Å²) in [5.41, 5.74) is 5.40. The average molecular weight is 333 g/mol. The van der Waals surface area contributed by atoms with E-state index in [-0.39, 0.29) is 24.8 Å². The van der Waals surface area contributed by atoms with Gasteiger partial charge in [0, 0.05) is 22.5 Å². The number of alkyl halides is 3. The van der Waals surface area contributed by atoms with Gasteiger partial charge in [0.05, 0.1) is 12.2 Å². The standard InChI is InChI=1S/C10H9BrF3NO.ClH/c11-5-3-6-8(15)1-2-16-9(6)7(4-5)10(12,13)14;/h3-4,8H,1-2,15H2;1H/t8-;/m1./s1. The summed E-state index contributed by atoms with van der Waals surface area (Å²) in [5.74, 6) is -0.130. The first kappa shape index (κ1) is 14.6. The summed E-state index contributed by atoms with van der Waals surface area (Å²) in [4.78, 5) is 0. The van der Waals surface area contributed by atoms with E-state index in [1.165, 1.54) is 0 Å². The van der Waals surface area contributed by atoms with Gasteiger partial charge in [-0.2, -0.15) is 13.2 Å². The highest BCUT2D eigenvalue weighted by molar-refractivity contribution is 9.10. The summed E-state index contributed by atoms with van der Waals surface area (Å²) < 4.78 is 43.7. The van der Waals surface area contributed by atoms with Crippen LogP contribution in [0.2, 0.25) is 0 Å². The molecule has 0 unspecified atom stereocenters. The van der Waals surface area contributed by atoms with Crippen LogP contribution < -0.4 is 10.5 Å². The van der Waals surface area contributed by atoms with Crippen LogP contribution in [0.4, 0.5) is 13.2 Å². The molecule has 96 valence electrons. The lowest BCUT2D eigenvalue weighted by molar-refractivity contribution is -0.139. The first-order valence-corrected chi connectivity index (χ1v) is 5.48. The van der Waals surface area contributed by atoms with E-state index in [1.807, 2.05) is 0 Å². The Bertz CT molecular complexity index is 425. The number of ether oxygens (including phenoxy) is 1. The van der Waals surface area contributed by atoms with Crippen LogP contribution in [-0.2, 0) is 6.18 Å². The van der Waals surface area contributed by atoms with E-state index < -0.39 is 17.8 Å². The van der Waals surface area contributed by atoms with Crippen molar-refractivity contribution in [1.29, 1.82) is 0 Å². The fourth-order valence-electron chi connectivity index (χ4n) is 1.71. The second kappa shape index (κ2) is 5.04. The third-order valence-corrected chi connectivity index (χ3v) is 2.92. The molecule has 2 N–H and O–H groups in total. The van der Waals surface area contributed by atoms with Crippen molar-refractivity contribution in [1.82, 2.24) is 0 Å². The van der Waals surface area contributed by atoms with Gasteiger partial charge in [-0.1, -0.05) is 15.9 Å². The molecule has 17 heavy (non-hydrogen) atoms. The predicted octanol–water partition coefficient (Wildman–Crippen LogP) is 3.67. The van der Waals surface area contributed by atoms with Crippen molar-refractivity contribution in [3.63, 3.8) is 0 Å². The molecule has 0 bridgehead atoms. The molecular weight excluding hydrogens is 322 g/mol. The van der Waals surface area contributed by atoms with Gasteiger partial charge in [-0.3, -0.25) is 0 Å². The summed E-state index contributed by atoms with van der Waals surface area (Å²) in [6.45, 7) is 0.221. The van der Waals surface area contributed by atoms with E-state index in [4.69, 9.17) is 10.5 Å². The second-order valence-corrected chi connectivity index (χ2v) is 4.53. The van der Waals surface area contributed by atoms with Crippen LogP contribution in [0.15, 0.2) is 16.6 Å². The molecule has 0 amide bonds. The molecule has 1 aliphatic rings. The molecule has 0 saturated carbocycles. The van der Waals surface area contributed by atoms with Gasteiger partial charge in [0.25, 0.3) is 0 Å². The molecule has 1 aliphatic heterocycles. The second-order valence-electron chi connectivity index (χ2n) is 3.61. The summed E-state index contributed by atoms with van der Waals surface area (Å²) in [5, 5.41) is 0. The maximum atomic E-state index is 12.7. The number of halogens is 5. The number of nitrogens with two attached hydrogens (primary N) is 1. The van der Waals surface area contributed by atoms with Crippen LogP contribution in [0, 0.1) is 0 Å². The number of benzene rings is 1. The Morgan fingerprint density at radius 3 is 2.59 bits per heavy atom. The fraction of sp³-hybridized carbons (Fsp3) is 0.400. The minimum absolute atomic E-state index is 0. The summed E-state index contributed by atoms with van der Waals surface area (Å²) in [6.07, 6.45) is -3.90. The zero-order valence-corrected chi connectivity index (χ0v) is 11.0. The van der Waals surface area contributed by atoms with E-state index in [9.17, 15) is 13.2 Å². The Labute approximate surface area is 111 Å². The van der Waals surface area contributed by atoms with E-state index >= 15 is 0 Å². The first-order chi connectivity index (χ1) is 7.39. The van der Waals surface area contributed by atoms with E-state index in [2.05, 4.69) is 15.9 Å². The zero-order chi connectivity index (χ0) is 11.9. The molecule has 1 aromatic rings. The number of fused-ring (bicyclic) bond motifs is 1. The van der Waals surface area contributed by atoms with E-state index in [0.29, 0.717) is 16.5 Å². The molecule has 2 rings (SSSR count). The molecular formula is C10H10BrClF3NO. The molecule has 0 radical (unpaired) electrons. The highest BCUT2D eigenvalue weighted by Gasteiger charge is 2.37. The number of hydrogen-bond acceptors (Lipinski definition) is 2. The lowest BCUT2D eigenvalue weighted by Gasteiger charge is -2.26. The summed E-state index contributed by atoms with van der Waals surface area (Å²) >= 11 is 3.05. The van der Waals surface area contributed by atoms with Crippen molar-refractivity contribution in [3.05, 3.63) is 27.7 Å². The van der Waals surface area contributed by atoms with Gasteiger partial charge in [0.1, 0.15) is 5.75 Å². The van der Waals surface area contributed by atoms with Crippen LogP contribution in [-0.4, -0.2) is 6.61 Å². The van der Waals surface area contributed by atoms with Crippen LogP contribution in [0.25, 0.3) is 0 Å². The Balaban J connectivity index is 0.00000144. The van der Waals surface area contributed by atoms with Crippen molar-refractivity contribution >= 4 is 28.3 Å². The Kier molecular flexibility index (Phi) is 4.33. The fourth-order valence-corrected chi connectivity index (χ4v) is 2.18. The van der Waals surface area contributed by atoms with Gasteiger partial charge in [-0.05, 0) is 12.1 Å². The van der Waals surface area contributed by atoms with Gasteiger partial charge >= 0.3 is 6.18 Å². The van der Waals surface area contributed by atoms with Gasteiger partial charge in [0.2, 0.25) is 0 Å². The van der Waals surface area contributed by atoms with E-state index in [1.54, 1.807) is 6.07 Å². The third kappa shape index (κ3) is 2.86. The molecule has 7 heteroatoms. The molecule has 0 aliphatic carbocycles. The average Bonchev–Trinajstić information content (AvgIpc) is 2.17. The SMILES string of the molecule is Cl.N[C@@H]1CCOc2c1cc(Br)cc2C(F)(F)F. The smallest absolute Gasteiger partial charge is 0.420 e. The van der Waals surface area contributed by atoms with Gasteiger partial charge in [-0.15, -0.1) is 12.4 Å². The van der Waals surface area contributed by atoms with Gasteiger partial charge < -0.3 is 10.5 Å². The molecule has 0 aromatic heterocycles. The summed E-state index contributed by atoms with van der Waals surface area (Å²) in [6, 6.07) is 2.19. The highest BCUT2D eigenvalue weighted by Crippen LogP contribution is 2.43. The number of rotatable bonds is 0. The molecule has 0 spiro atoms. The third-order valence-electron chi connectivity index (χ3n) is 2.46. The van der Waals surface area contributed by atoms with Crippen LogP contribution >= 0.6 is 28.3 Å². The van der Waals surface area contributed by atoms with Crippen molar-refractivity contribution < 1.29 is 17.9 Å². The lowest BCUT2D eigenvalue weighted by atomic mass is 9.98. The van der Waals surface area contributed by atoms with Crippen molar-refractivity contribution in [2.75, 3.05) is 6.61 Å². The minimum atomic E-state index is -4.43. The largest absolute Gasteiger partial charge is 0.493 e. The minimum Gasteiger partial charge on any atom is -0.493 e. The van der Waals surface area contributed by atoms with Crippen molar-refractivity contribution in [2.45, 2.75) is 18.6 Å².